The summed E-state index contributed by atoms with van der Waals surface area (Å²) in [5.41, 5.74) is 0. The zero-order valence-electron chi connectivity index (χ0n) is 6.32. The molecule has 0 amide bonds. The molecule has 0 aromatic rings. The number of carbonyl (C=O) groups excluding carboxylic acids is 1. The number of hydrogen-bond donors (Lipinski definition) is 0. The Labute approximate surface area is 62.4 Å². The first-order chi connectivity index (χ1) is 3.55. The number of carboxylic acid groups (broad SMARTS) is 1. The quantitative estimate of drug-likeness (QED) is 0.246. The first kappa shape index (κ1) is 3.24. The maximum absolute atomic E-state index is 9.54. The van der Waals surface area contributed by atoms with Gasteiger partial charge in [-0.1, -0.05) is 6.53 Å². The van der Waals surface area contributed by atoms with Crippen LogP contribution < -0.4 is 34.7 Å². The molecule has 2 nitrogen and oxygen atoms in total. The van der Waals surface area contributed by atoms with Crippen molar-refractivity contribution < 1.29 is 43.6 Å². The summed E-state index contributed by atoms with van der Waals surface area (Å²) in [7, 11) is 0. The van der Waals surface area contributed by atoms with Crippen LogP contribution in [0.3, 0.4) is 0 Å². The molecular formula is C3H3NaO2. The van der Waals surface area contributed by atoms with Crippen LogP contribution in [-0.4, -0.2) is 5.97 Å². The molecule has 3 heteroatoms. The van der Waals surface area contributed by atoms with E-state index in [1.807, 2.05) is 0 Å². The Morgan fingerprint density at radius 3 is 2.83 bits per heavy atom. The molecule has 0 aromatic heterocycles. The fourth-order valence-corrected chi connectivity index (χ4v) is 0. The zero-order chi connectivity index (χ0) is 6.73. The average molecular weight is 97.1 g/mol. The van der Waals surface area contributed by atoms with Crippen molar-refractivity contribution in [2.24, 2.45) is 0 Å². The van der Waals surface area contributed by atoms with E-state index in [1.165, 1.54) is 0 Å². The van der Waals surface area contributed by atoms with Gasteiger partial charge in [-0.2, -0.15) is 0 Å². The molecule has 28 valence electrons. The van der Waals surface area contributed by atoms with Gasteiger partial charge in [0.1, 0.15) is 0 Å². The van der Waals surface area contributed by atoms with Gasteiger partial charge < -0.3 is 9.90 Å². The predicted molar refractivity (Wildman–Crippen MR) is 15.2 cm³/mol. The van der Waals surface area contributed by atoms with Crippen molar-refractivity contribution in [1.82, 2.24) is 0 Å². The number of carboxylic acids is 1. The standard InChI is InChI=1S/C3H4O2.Na/c1-2-3(4)5;/h2H,1H2,(H,4,5);/q;+1/p-1/i1D2,2D;. The van der Waals surface area contributed by atoms with E-state index in [4.69, 9.17) is 4.11 Å². The minimum atomic E-state index is -1.79. The Morgan fingerprint density at radius 2 is 2.83 bits per heavy atom. The maximum atomic E-state index is 9.54. The van der Waals surface area contributed by atoms with Gasteiger partial charge in [-0.15, -0.1) is 0 Å². The zero-order valence-corrected chi connectivity index (χ0v) is 5.32. The van der Waals surface area contributed by atoms with Gasteiger partial charge in [-0.05, 0) is 6.05 Å². The summed E-state index contributed by atoms with van der Waals surface area (Å²) in [4.78, 5) is 9.54. The van der Waals surface area contributed by atoms with Crippen molar-refractivity contribution in [3.8, 4) is 0 Å². The molecule has 0 fully saturated rings. The predicted octanol–water partition coefficient (Wildman–Crippen LogP) is -4.07. The summed E-state index contributed by atoms with van der Waals surface area (Å²) in [5, 5.41) is 9.54. The summed E-state index contributed by atoms with van der Waals surface area (Å²) in [5.74, 6) is -1.79. The monoisotopic (exact) mass is 97.0 g/mol. The molecule has 0 spiro atoms. The molecule has 0 aliphatic rings. The van der Waals surface area contributed by atoms with Crippen LogP contribution in [0.4, 0.5) is 0 Å². The van der Waals surface area contributed by atoms with Crippen LogP contribution >= 0.6 is 0 Å². The van der Waals surface area contributed by atoms with Crippen molar-refractivity contribution in [2.45, 2.75) is 0 Å². The summed E-state index contributed by atoms with van der Waals surface area (Å²) < 4.78 is 18.8. The topological polar surface area (TPSA) is 40.1 Å². The molecule has 0 aromatic carbocycles. The molecule has 0 aliphatic carbocycles. The van der Waals surface area contributed by atoms with Gasteiger partial charge in [0.15, 0.2) is 0 Å². The fraction of sp³-hybridized carbons (Fsp3) is 0. The van der Waals surface area contributed by atoms with Crippen LogP contribution in [0.2, 0.25) is 0 Å². The summed E-state index contributed by atoms with van der Waals surface area (Å²) in [6.45, 7) is -1.04. The number of aliphatic carboxylic acids is 1. The van der Waals surface area contributed by atoms with Gasteiger partial charge >= 0.3 is 29.6 Å². The molecule has 0 heterocycles. The number of rotatable bonds is 1. The van der Waals surface area contributed by atoms with Crippen LogP contribution in [-0.2, 0) is 4.79 Å². The molecule has 0 atom stereocenters. The van der Waals surface area contributed by atoms with Crippen LogP contribution in [0.15, 0.2) is 12.6 Å². The van der Waals surface area contributed by atoms with E-state index in [0.717, 1.165) is 0 Å². The van der Waals surface area contributed by atoms with E-state index >= 15 is 0 Å². The van der Waals surface area contributed by atoms with E-state index in [9.17, 15) is 9.90 Å². The fourth-order valence-electron chi connectivity index (χ4n) is 0. The van der Waals surface area contributed by atoms with Crippen LogP contribution in [0.25, 0.3) is 0 Å². The molecule has 0 saturated carbocycles. The second-order valence-corrected chi connectivity index (χ2v) is 0.412. The van der Waals surface area contributed by atoms with E-state index < -0.39 is 18.6 Å². The Kier molecular flexibility index (Phi) is 2.82. The normalized spacial score (nSPS) is 11.7. The molecule has 0 saturated heterocycles. The van der Waals surface area contributed by atoms with Gasteiger partial charge in [-0.25, -0.2) is 0 Å². The van der Waals surface area contributed by atoms with Gasteiger partial charge in [0, 0.05) is 0 Å². The SMILES string of the molecule is [2H]C([2H])=C([2H])C(=O)[O-].[Na+]. The first-order valence-corrected chi connectivity index (χ1v) is 0.908. The third-order valence-corrected chi connectivity index (χ3v) is 0.102. The molecule has 0 radical (unpaired) electrons. The number of carbonyl (C=O) groups is 1. The second-order valence-electron chi connectivity index (χ2n) is 0.412. The van der Waals surface area contributed by atoms with Crippen LogP contribution in [0, 0.1) is 0 Å². The Morgan fingerprint density at radius 1 is 2.33 bits per heavy atom. The molecule has 0 aliphatic heterocycles. The summed E-state index contributed by atoms with van der Waals surface area (Å²) >= 11 is 0. The Hall–Kier alpha value is 0.210. The summed E-state index contributed by atoms with van der Waals surface area (Å²) in [6.07, 6.45) is 0. The van der Waals surface area contributed by atoms with Gasteiger partial charge in [0.2, 0.25) is 0 Å². The van der Waals surface area contributed by atoms with Gasteiger partial charge in [0.25, 0.3) is 0 Å². The largest absolute Gasteiger partial charge is 1.00 e. The second kappa shape index (κ2) is 5.21. The molecule has 0 unspecified atom stereocenters. The van der Waals surface area contributed by atoms with Crippen molar-refractivity contribution >= 4 is 5.97 Å². The van der Waals surface area contributed by atoms with Gasteiger partial charge in [0.05, 0.1) is 10.1 Å². The van der Waals surface area contributed by atoms with Crippen LogP contribution in [0.5, 0.6) is 0 Å². The molecule has 6 heavy (non-hydrogen) atoms. The van der Waals surface area contributed by atoms with E-state index in [1.54, 1.807) is 0 Å². The Balaban J connectivity index is 0. The van der Waals surface area contributed by atoms with Gasteiger partial charge in [-0.3, -0.25) is 0 Å². The van der Waals surface area contributed by atoms with Crippen LogP contribution in [0.1, 0.15) is 4.11 Å². The maximum Gasteiger partial charge on any atom is 1.00 e. The van der Waals surface area contributed by atoms with Crippen molar-refractivity contribution in [3.63, 3.8) is 0 Å². The minimum Gasteiger partial charge on any atom is -0.545 e. The summed E-state index contributed by atoms with van der Waals surface area (Å²) in [6, 6.07) is -1.09. The minimum absolute atomic E-state index is 0. The number of hydrogen-bond acceptors (Lipinski definition) is 2. The molecular weight excluding hydrogens is 91.0 g/mol. The third kappa shape index (κ3) is 8.88. The smallest absolute Gasteiger partial charge is 0.545 e. The Bertz CT molecular complexity index is 140. The first-order valence-electron chi connectivity index (χ1n) is 2.41. The van der Waals surface area contributed by atoms with Crippen molar-refractivity contribution in [1.29, 1.82) is 0 Å². The molecule has 0 N–H and O–H groups in total. The van der Waals surface area contributed by atoms with Crippen molar-refractivity contribution in [3.05, 3.63) is 12.6 Å². The van der Waals surface area contributed by atoms with E-state index in [-0.39, 0.29) is 29.6 Å². The van der Waals surface area contributed by atoms with E-state index in [2.05, 4.69) is 0 Å². The average Bonchev–Trinajstić information content (AvgIpc) is 1.64. The third-order valence-electron chi connectivity index (χ3n) is 0.102. The van der Waals surface area contributed by atoms with Crippen molar-refractivity contribution in [2.75, 3.05) is 0 Å². The molecule has 0 bridgehead atoms. The van der Waals surface area contributed by atoms with E-state index in [0.29, 0.717) is 0 Å². The molecule has 0 rings (SSSR count).